The van der Waals surface area contributed by atoms with Gasteiger partial charge in [-0.05, 0) is 109 Å². The Bertz CT molecular complexity index is 1660. The second-order valence-electron chi connectivity index (χ2n) is 23.4. The van der Waals surface area contributed by atoms with Gasteiger partial charge in [0.05, 0.1) is 0 Å². The van der Waals surface area contributed by atoms with Gasteiger partial charge in [-0.2, -0.15) is 0 Å². The van der Waals surface area contributed by atoms with Crippen molar-refractivity contribution in [2.24, 2.45) is 0 Å². The summed E-state index contributed by atoms with van der Waals surface area (Å²) in [6, 6.07) is 0. The van der Waals surface area contributed by atoms with Crippen molar-refractivity contribution in [1.82, 2.24) is 0 Å². The Morgan fingerprint density at radius 2 is 0.470 bits per heavy atom. The molecule has 6 heteroatoms. The zero-order valence-corrected chi connectivity index (χ0v) is 54.7. The predicted octanol–water partition coefficient (Wildman–Crippen LogP) is 24.6. The SMILES string of the molecule is CC/C=C\C/C=C\C/C=C\C/C=C\C/C=C\C/C=C\C/C=C\C/C=C\CCCCCCCCCCCCC(=O)OCC(COC(=O)CCCCCCC/C=C\CCCCCCC)OC(=O)CCCCCCCCCCCCCCCCCC. The van der Waals surface area contributed by atoms with Crippen LogP contribution in [0.5, 0.6) is 0 Å². The maximum atomic E-state index is 12.9. The van der Waals surface area contributed by atoms with Crippen molar-refractivity contribution in [3.63, 3.8) is 0 Å². The van der Waals surface area contributed by atoms with Crippen molar-refractivity contribution in [3.05, 3.63) is 109 Å². The molecule has 0 bridgehead atoms. The molecule has 0 saturated carbocycles. The van der Waals surface area contributed by atoms with E-state index in [1.165, 1.54) is 186 Å². The Balaban J connectivity index is 4.23. The van der Waals surface area contributed by atoms with Crippen molar-refractivity contribution >= 4 is 17.9 Å². The van der Waals surface area contributed by atoms with Gasteiger partial charge in [0.1, 0.15) is 13.2 Å². The van der Waals surface area contributed by atoms with Gasteiger partial charge in [-0.3, -0.25) is 14.4 Å². The van der Waals surface area contributed by atoms with Gasteiger partial charge < -0.3 is 14.2 Å². The molecule has 1 atom stereocenters. The Kier molecular flexibility index (Phi) is 67.2. The first-order valence-electron chi connectivity index (χ1n) is 35.4. The Morgan fingerprint density at radius 1 is 0.253 bits per heavy atom. The quantitative estimate of drug-likeness (QED) is 0.0261. The Labute approximate surface area is 514 Å². The van der Waals surface area contributed by atoms with Gasteiger partial charge in [0.2, 0.25) is 0 Å². The number of hydrogen-bond donors (Lipinski definition) is 0. The van der Waals surface area contributed by atoms with Crippen LogP contribution in [0, 0.1) is 0 Å². The number of esters is 3. The average molecular weight is 1150 g/mol. The first-order valence-corrected chi connectivity index (χ1v) is 35.4. The smallest absolute Gasteiger partial charge is 0.306 e. The van der Waals surface area contributed by atoms with Gasteiger partial charge in [0.15, 0.2) is 6.10 Å². The fraction of sp³-hybridized carbons (Fsp3) is 0.727. The minimum atomic E-state index is -0.782. The minimum Gasteiger partial charge on any atom is -0.462 e. The highest BCUT2D eigenvalue weighted by Crippen LogP contribution is 2.17. The molecule has 0 radical (unpaired) electrons. The number of rotatable bonds is 64. The molecule has 0 heterocycles. The molecule has 0 rings (SSSR count). The Morgan fingerprint density at radius 3 is 0.747 bits per heavy atom. The van der Waals surface area contributed by atoms with Crippen LogP contribution < -0.4 is 0 Å². The summed E-state index contributed by atoms with van der Waals surface area (Å²) in [6.45, 7) is 6.54. The van der Waals surface area contributed by atoms with Crippen LogP contribution in [0.3, 0.4) is 0 Å². The van der Waals surface area contributed by atoms with E-state index in [0.717, 1.165) is 116 Å². The number of hydrogen-bond acceptors (Lipinski definition) is 6. The number of unbranched alkanes of at least 4 members (excludes halogenated alkanes) is 35. The lowest BCUT2D eigenvalue weighted by atomic mass is 10.0. The molecule has 0 aliphatic rings. The normalized spacial score (nSPS) is 12.8. The minimum absolute atomic E-state index is 0.0793. The lowest BCUT2D eigenvalue weighted by molar-refractivity contribution is -0.167. The first kappa shape index (κ1) is 79.1. The van der Waals surface area contributed by atoms with Crippen molar-refractivity contribution in [3.8, 4) is 0 Å². The number of allylic oxidation sites excluding steroid dienone is 18. The molecular weight excluding hydrogens is 1020 g/mol. The molecule has 0 fully saturated rings. The van der Waals surface area contributed by atoms with Crippen LogP contribution in [0.15, 0.2) is 109 Å². The molecule has 0 amide bonds. The van der Waals surface area contributed by atoms with Crippen LogP contribution >= 0.6 is 0 Å². The molecule has 476 valence electrons. The summed E-state index contributed by atoms with van der Waals surface area (Å²) in [5.74, 6) is -0.876. The van der Waals surface area contributed by atoms with Gasteiger partial charge >= 0.3 is 17.9 Å². The molecule has 0 aliphatic heterocycles. The maximum Gasteiger partial charge on any atom is 0.306 e. The van der Waals surface area contributed by atoms with E-state index < -0.39 is 6.10 Å². The fourth-order valence-corrected chi connectivity index (χ4v) is 9.99. The highest BCUT2D eigenvalue weighted by molar-refractivity contribution is 5.71. The molecule has 0 N–H and O–H groups in total. The largest absolute Gasteiger partial charge is 0.462 e. The third-order valence-corrected chi connectivity index (χ3v) is 15.3. The van der Waals surface area contributed by atoms with Gasteiger partial charge in [-0.15, -0.1) is 0 Å². The third-order valence-electron chi connectivity index (χ3n) is 15.3. The van der Waals surface area contributed by atoms with Crippen molar-refractivity contribution < 1.29 is 28.6 Å². The molecule has 0 aromatic rings. The predicted molar refractivity (Wildman–Crippen MR) is 362 cm³/mol. The average Bonchev–Trinajstić information content (AvgIpc) is 3.49. The lowest BCUT2D eigenvalue weighted by Gasteiger charge is -2.18. The van der Waals surface area contributed by atoms with E-state index in [9.17, 15) is 14.4 Å². The highest BCUT2D eigenvalue weighted by atomic mass is 16.6. The van der Waals surface area contributed by atoms with Gasteiger partial charge in [-0.25, -0.2) is 0 Å². The van der Waals surface area contributed by atoms with Crippen LogP contribution in [0.25, 0.3) is 0 Å². The number of ether oxygens (including phenoxy) is 3. The van der Waals surface area contributed by atoms with E-state index >= 15 is 0 Å². The summed E-state index contributed by atoms with van der Waals surface area (Å²) < 4.78 is 17.0. The van der Waals surface area contributed by atoms with E-state index in [4.69, 9.17) is 14.2 Å². The van der Waals surface area contributed by atoms with Gasteiger partial charge in [-0.1, -0.05) is 323 Å². The molecule has 0 saturated heterocycles. The molecule has 0 aromatic heterocycles. The standard InChI is InChI=1S/C77H132O6/c1-4-7-10-13-16-19-22-25-28-30-31-32-33-34-35-36-37-38-39-40-41-42-43-44-45-46-47-48-50-52-55-58-61-64-67-70-76(79)82-73-74(72-81-75(78)69-66-63-60-57-54-51-27-24-21-18-15-12-9-6-3)83-77(80)71-68-65-62-59-56-53-49-29-26-23-20-17-14-11-8-5-2/h7,10,16,19,24-25,27-28,31-32,34-35,37-38,40-41,43-44,74H,4-6,8-9,11-15,17-18,20-23,26,29-30,33,36,39,42,45-73H2,1-3H3/b10-7-,19-16-,27-24-,28-25-,32-31-,35-34-,38-37-,41-40-,44-43-. The molecule has 6 nitrogen and oxygen atoms in total. The Hall–Kier alpha value is -3.93. The van der Waals surface area contributed by atoms with Crippen LogP contribution in [0.2, 0.25) is 0 Å². The zero-order chi connectivity index (χ0) is 59.9. The monoisotopic (exact) mass is 1150 g/mol. The summed E-state index contributed by atoms with van der Waals surface area (Å²) >= 11 is 0. The summed E-state index contributed by atoms with van der Waals surface area (Å²) in [5.41, 5.74) is 0. The van der Waals surface area contributed by atoms with E-state index in [2.05, 4.69) is 130 Å². The van der Waals surface area contributed by atoms with Crippen molar-refractivity contribution in [2.45, 2.75) is 348 Å². The summed E-state index contributed by atoms with van der Waals surface area (Å²) in [4.78, 5) is 38.4. The molecule has 0 spiro atoms. The zero-order valence-electron chi connectivity index (χ0n) is 54.7. The molecule has 0 aliphatic carbocycles. The van der Waals surface area contributed by atoms with E-state index in [0.29, 0.717) is 19.3 Å². The van der Waals surface area contributed by atoms with Crippen molar-refractivity contribution in [1.29, 1.82) is 0 Å². The summed E-state index contributed by atoms with van der Waals surface area (Å²) in [5, 5.41) is 0. The fourth-order valence-electron chi connectivity index (χ4n) is 9.99. The van der Waals surface area contributed by atoms with E-state index in [1.54, 1.807) is 0 Å². The second-order valence-corrected chi connectivity index (χ2v) is 23.4. The number of carbonyl (C=O) groups excluding carboxylic acids is 3. The highest BCUT2D eigenvalue weighted by Gasteiger charge is 2.19. The number of carbonyl (C=O) groups is 3. The van der Waals surface area contributed by atoms with Crippen LogP contribution in [0.1, 0.15) is 342 Å². The first-order chi connectivity index (χ1) is 41.0. The lowest BCUT2D eigenvalue weighted by Crippen LogP contribution is -2.30. The van der Waals surface area contributed by atoms with Crippen LogP contribution in [-0.4, -0.2) is 37.2 Å². The molecule has 83 heavy (non-hydrogen) atoms. The van der Waals surface area contributed by atoms with Crippen molar-refractivity contribution in [2.75, 3.05) is 13.2 Å². The molecular formula is C77H132O6. The van der Waals surface area contributed by atoms with E-state index in [-0.39, 0.29) is 31.1 Å². The molecule has 0 aromatic carbocycles. The van der Waals surface area contributed by atoms with Gasteiger partial charge in [0, 0.05) is 19.3 Å². The summed E-state index contributed by atoms with van der Waals surface area (Å²) in [7, 11) is 0. The third kappa shape index (κ3) is 68.7. The topological polar surface area (TPSA) is 78.9 Å². The summed E-state index contributed by atoms with van der Waals surface area (Å²) in [6.07, 6.45) is 96.8. The van der Waals surface area contributed by atoms with Crippen LogP contribution in [-0.2, 0) is 28.6 Å². The molecule has 1 unspecified atom stereocenters. The van der Waals surface area contributed by atoms with E-state index in [1.807, 2.05) is 0 Å². The van der Waals surface area contributed by atoms with Gasteiger partial charge in [0.25, 0.3) is 0 Å². The maximum absolute atomic E-state index is 12.9. The van der Waals surface area contributed by atoms with Crippen LogP contribution in [0.4, 0.5) is 0 Å². The second kappa shape index (κ2) is 70.6.